The van der Waals surface area contributed by atoms with Crippen molar-refractivity contribution < 1.29 is 13.2 Å². The van der Waals surface area contributed by atoms with E-state index in [9.17, 15) is 13.2 Å². The molecule has 0 radical (unpaired) electrons. The molecule has 0 amide bonds. The monoisotopic (exact) mass is 418 g/mol. The summed E-state index contributed by atoms with van der Waals surface area (Å²) in [4.78, 5) is 25.5. The largest absolute Gasteiger partial charge is 0.379 e. The first-order valence-corrected chi connectivity index (χ1v) is 11.6. The van der Waals surface area contributed by atoms with Crippen LogP contribution >= 0.6 is 11.8 Å². The third kappa shape index (κ3) is 4.41. The molecule has 148 valence electrons. The maximum absolute atomic E-state index is 12.6. The molecule has 0 unspecified atom stereocenters. The van der Waals surface area contributed by atoms with Gasteiger partial charge in [-0.15, -0.1) is 0 Å². The molecule has 2 heterocycles. The van der Waals surface area contributed by atoms with Gasteiger partial charge in [-0.05, 0) is 37.5 Å². The van der Waals surface area contributed by atoms with Gasteiger partial charge in [0.2, 0.25) is 0 Å². The van der Waals surface area contributed by atoms with Gasteiger partial charge in [0, 0.05) is 24.6 Å². The maximum atomic E-state index is 12.6. The lowest BCUT2D eigenvalue weighted by atomic mass is 9.88. The zero-order valence-corrected chi connectivity index (χ0v) is 17.6. The highest BCUT2D eigenvalue weighted by atomic mass is 32.2. The minimum absolute atomic E-state index is 0.0960. The summed E-state index contributed by atoms with van der Waals surface area (Å²) in [5, 5.41) is 0.435. The second kappa shape index (κ2) is 7.63. The number of aliphatic imine (C=N–C) groups is 1. The Hall–Kier alpha value is -2.26. The van der Waals surface area contributed by atoms with Crippen LogP contribution in [0.2, 0.25) is 0 Å². The molecule has 2 N–H and O–H groups in total. The predicted octanol–water partition coefficient (Wildman–Crippen LogP) is 2.28. The van der Waals surface area contributed by atoms with Crippen molar-refractivity contribution in [2.75, 3.05) is 12.0 Å². The van der Waals surface area contributed by atoms with Crippen LogP contribution < -0.4 is 5.73 Å². The van der Waals surface area contributed by atoms with E-state index >= 15 is 0 Å². The van der Waals surface area contributed by atoms with Gasteiger partial charge in [-0.1, -0.05) is 23.9 Å². The van der Waals surface area contributed by atoms with E-state index in [1.54, 1.807) is 31.3 Å². The highest BCUT2D eigenvalue weighted by Gasteiger charge is 2.34. The normalized spacial score (nSPS) is 19.9. The number of Topliss-reactive ketones (excluding diaryl/α,β-unsaturated/α-hetero) is 1. The summed E-state index contributed by atoms with van der Waals surface area (Å²) in [6.45, 7) is 3.67. The number of aryl methyl sites for hydroxylation is 1. The molecule has 1 atom stereocenters. The van der Waals surface area contributed by atoms with Crippen LogP contribution in [0.15, 0.2) is 40.5 Å². The molecule has 7 nitrogen and oxygen atoms in total. The van der Waals surface area contributed by atoms with E-state index in [0.29, 0.717) is 22.7 Å². The van der Waals surface area contributed by atoms with Crippen molar-refractivity contribution >= 4 is 32.6 Å². The Morgan fingerprint density at radius 1 is 1.29 bits per heavy atom. The molecule has 9 heteroatoms. The van der Waals surface area contributed by atoms with Crippen LogP contribution in [0.4, 0.5) is 0 Å². The Kier molecular flexibility index (Phi) is 5.58. The van der Waals surface area contributed by atoms with E-state index in [2.05, 4.69) is 15.0 Å². The molecule has 0 spiro atoms. The van der Waals surface area contributed by atoms with Crippen LogP contribution in [0.25, 0.3) is 0 Å². The van der Waals surface area contributed by atoms with Crippen LogP contribution in [-0.4, -0.2) is 41.3 Å². The SMILES string of the molecule is Cc1cnc(C(=O)Cc2ccc(S(C)(=O)=O)c([C@]3(C)CCSC(N)=N3)c2)cn1. The Labute approximate surface area is 168 Å². The van der Waals surface area contributed by atoms with Crippen LogP contribution in [0.5, 0.6) is 0 Å². The molecule has 28 heavy (non-hydrogen) atoms. The quantitative estimate of drug-likeness (QED) is 0.741. The molecule has 1 aliphatic rings. The standard InChI is InChI=1S/C19H22N4O3S2/c1-12-10-22-15(11-21-12)16(24)9-13-4-5-17(28(3,25)26)14(8-13)19(2)6-7-27-18(20)23-19/h4-5,8,10-11H,6-7,9H2,1-3H3,(H2,20,23)/t19-/m0/s1. The first-order valence-electron chi connectivity index (χ1n) is 8.72. The van der Waals surface area contributed by atoms with Gasteiger partial charge < -0.3 is 5.73 Å². The molecule has 1 aliphatic heterocycles. The van der Waals surface area contributed by atoms with Crippen molar-refractivity contribution in [1.82, 2.24) is 9.97 Å². The van der Waals surface area contributed by atoms with Crippen molar-refractivity contribution in [1.29, 1.82) is 0 Å². The van der Waals surface area contributed by atoms with Gasteiger partial charge in [0.15, 0.2) is 20.8 Å². The van der Waals surface area contributed by atoms with Crippen molar-refractivity contribution in [2.45, 2.75) is 37.1 Å². The van der Waals surface area contributed by atoms with Gasteiger partial charge in [-0.3, -0.25) is 14.8 Å². The number of hydrogen-bond acceptors (Lipinski definition) is 8. The van der Waals surface area contributed by atoms with Crippen LogP contribution in [-0.2, 0) is 21.8 Å². The summed E-state index contributed by atoms with van der Waals surface area (Å²) in [7, 11) is -3.46. The molecule has 2 aromatic rings. The predicted molar refractivity (Wildman–Crippen MR) is 110 cm³/mol. The molecular formula is C19H22N4O3S2. The number of sulfone groups is 1. The number of ketones is 1. The van der Waals surface area contributed by atoms with E-state index < -0.39 is 15.4 Å². The Bertz CT molecular complexity index is 1050. The number of nitrogens with two attached hydrogens (primary N) is 1. The van der Waals surface area contributed by atoms with Crippen LogP contribution in [0.3, 0.4) is 0 Å². The number of carbonyl (C=O) groups is 1. The van der Waals surface area contributed by atoms with Gasteiger partial charge in [0.25, 0.3) is 0 Å². The molecule has 1 aromatic heterocycles. The average molecular weight is 419 g/mol. The molecule has 1 aromatic carbocycles. The number of aromatic nitrogens is 2. The number of hydrogen-bond donors (Lipinski definition) is 1. The lowest BCUT2D eigenvalue weighted by Gasteiger charge is -2.31. The molecule has 3 rings (SSSR count). The second-order valence-electron chi connectivity index (χ2n) is 7.07. The van der Waals surface area contributed by atoms with Gasteiger partial charge >= 0.3 is 0 Å². The highest BCUT2D eigenvalue weighted by Crippen LogP contribution is 2.38. The highest BCUT2D eigenvalue weighted by molar-refractivity contribution is 8.13. The molecule has 0 aliphatic carbocycles. The second-order valence-corrected chi connectivity index (χ2v) is 10.2. The minimum atomic E-state index is -3.46. The summed E-state index contributed by atoms with van der Waals surface area (Å²) in [6, 6.07) is 4.96. The van der Waals surface area contributed by atoms with Gasteiger partial charge in [0.05, 0.1) is 22.3 Å². The summed E-state index contributed by atoms with van der Waals surface area (Å²) in [6.07, 6.45) is 4.92. The molecular weight excluding hydrogens is 396 g/mol. The van der Waals surface area contributed by atoms with Gasteiger partial charge in [0.1, 0.15) is 5.69 Å². The minimum Gasteiger partial charge on any atom is -0.379 e. The van der Waals surface area contributed by atoms with E-state index in [4.69, 9.17) is 5.73 Å². The molecule has 0 saturated heterocycles. The van der Waals surface area contributed by atoms with Crippen LogP contribution in [0.1, 0.15) is 40.7 Å². The summed E-state index contributed by atoms with van der Waals surface area (Å²) in [5.41, 5.74) is 7.43. The molecule has 0 fully saturated rings. The Morgan fingerprint density at radius 2 is 2.04 bits per heavy atom. The number of amidine groups is 1. The van der Waals surface area contributed by atoms with Crippen molar-refractivity contribution in [3.63, 3.8) is 0 Å². The van der Waals surface area contributed by atoms with Crippen molar-refractivity contribution in [3.05, 3.63) is 53.1 Å². The van der Waals surface area contributed by atoms with Crippen molar-refractivity contribution in [3.8, 4) is 0 Å². The first kappa shape index (κ1) is 20.5. The Morgan fingerprint density at radius 3 is 2.64 bits per heavy atom. The average Bonchev–Trinajstić information content (AvgIpc) is 2.61. The summed E-state index contributed by atoms with van der Waals surface area (Å²) in [5.74, 6) is 0.565. The summed E-state index contributed by atoms with van der Waals surface area (Å²) < 4.78 is 24.7. The number of nitrogens with zero attached hydrogens (tertiary/aromatic N) is 3. The lowest BCUT2D eigenvalue weighted by Crippen LogP contribution is -2.30. The molecule has 0 saturated carbocycles. The van der Waals surface area contributed by atoms with Crippen molar-refractivity contribution in [2.24, 2.45) is 10.7 Å². The lowest BCUT2D eigenvalue weighted by molar-refractivity contribution is 0.0987. The van der Waals surface area contributed by atoms with Gasteiger partial charge in [-0.2, -0.15) is 0 Å². The fourth-order valence-electron chi connectivity index (χ4n) is 3.12. The van der Waals surface area contributed by atoms with E-state index in [1.807, 2.05) is 6.92 Å². The van der Waals surface area contributed by atoms with E-state index in [-0.39, 0.29) is 22.8 Å². The zero-order valence-electron chi connectivity index (χ0n) is 16.0. The van der Waals surface area contributed by atoms with Crippen LogP contribution in [0, 0.1) is 6.92 Å². The van der Waals surface area contributed by atoms with E-state index in [1.165, 1.54) is 24.2 Å². The maximum Gasteiger partial charge on any atom is 0.187 e. The number of carbonyl (C=O) groups excluding carboxylic acids is 1. The number of benzene rings is 1. The topological polar surface area (TPSA) is 115 Å². The smallest absolute Gasteiger partial charge is 0.187 e. The first-order chi connectivity index (χ1) is 13.1. The number of thioether (sulfide) groups is 1. The molecule has 0 bridgehead atoms. The Balaban J connectivity index is 2.02. The zero-order chi connectivity index (χ0) is 20.5. The number of rotatable bonds is 5. The fourth-order valence-corrected chi connectivity index (χ4v) is 5.09. The fraction of sp³-hybridized carbons (Fsp3) is 0.368. The third-order valence-corrected chi connectivity index (χ3v) is 6.60. The van der Waals surface area contributed by atoms with E-state index in [0.717, 1.165) is 11.4 Å². The van der Waals surface area contributed by atoms with Gasteiger partial charge in [-0.25, -0.2) is 13.4 Å². The third-order valence-electron chi connectivity index (χ3n) is 4.65. The summed E-state index contributed by atoms with van der Waals surface area (Å²) >= 11 is 1.45.